The van der Waals surface area contributed by atoms with Crippen LogP contribution in [0, 0.1) is 5.82 Å². The van der Waals surface area contributed by atoms with E-state index in [1.165, 1.54) is 18.2 Å². The third-order valence-corrected chi connectivity index (χ3v) is 2.13. The van der Waals surface area contributed by atoms with Gasteiger partial charge in [-0.15, -0.1) is 0 Å². The Kier molecular flexibility index (Phi) is 3.05. The minimum Gasteiger partial charge on any atom is -0.475 e. The fourth-order valence-electron chi connectivity index (χ4n) is 1.35. The van der Waals surface area contributed by atoms with Gasteiger partial charge in [0.1, 0.15) is 11.6 Å². The Balaban J connectivity index is 2.17. The average molecular weight is 232 g/mol. The van der Waals surface area contributed by atoms with Crippen molar-refractivity contribution < 1.29 is 18.7 Å². The number of halogens is 1. The number of benzene rings is 1. The van der Waals surface area contributed by atoms with Crippen LogP contribution in [0.2, 0.25) is 0 Å². The van der Waals surface area contributed by atoms with Crippen LogP contribution >= 0.6 is 0 Å². The van der Waals surface area contributed by atoms with Crippen molar-refractivity contribution in [2.24, 2.45) is 0 Å². The fourth-order valence-corrected chi connectivity index (χ4v) is 1.35. The molecule has 17 heavy (non-hydrogen) atoms. The van der Waals surface area contributed by atoms with E-state index in [0.717, 1.165) is 0 Å². The van der Waals surface area contributed by atoms with Gasteiger partial charge in [0, 0.05) is 0 Å². The lowest BCUT2D eigenvalue weighted by molar-refractivity contribution is 0.0662. The highest BCUT2D eigenvalue weighted by molar-refractivity contribution is 5.84. The summed E-state index contributed by atoms with van der Waals surface area (Å²) in [6.07, 6.45) is 3.23. The summed E-state index contributed by atoms with van der Waals surface area (Å²) in [5, 5.41) is 8.65. The van der Waals surface area contributed by atoms with Crippen LogP contribution in [-0.4, -0.2) is 11.1 Å². The third kappa shape index (κ3) is 2.81. The Labute approximate surface area is 96.8 Å². The van der Waals surface area contributed by atoms with Crippen molar-refractivity contribution >= 4 is 18.1 Å². The van der Waals surface area contributed by atoms with Crippen molar-refractivity contribution in [2.45, 2.75) is 0 Å². The first kappa shape index (κ1) is 11.1. The molecule has 1 heterocycles. The van der Waals surface area contributed by atoms with Crippen LogP contribution in [0.5, 0.6) is 0 Å². The number of aromatic carboxylic acids is 1. The number of carbonyl (C=O) groups is 1. The van der Waals surface area contributed by atoms with Gasteiger partial charge < -0.3 is 9.52 Å². The first-order valence-electron chi connectivity index (χ1n) is 4.92. The summed E-state index contributed by atoms with van der Waals surface area (Å²) in [7, 11) is 0. The van der Waals surface area contributed by atoms with Crippen LogP contribution in [0.3, 0.4) is 0 Å². The summed E-state index contributed by atoms with van der Waals surface area (Å²) in [6, 6.07) is 8.97. The first-order valence-corrected chi connectivity index (χ1v) is 4.92. The van der Waals surface area contributed by atoms with Crippen molar-refractivity contribution in [3.8, 4) is 0 Å². The number of rotatable bonds is 3. The van der Waals surface area contributed by atoms with Crippen LogP contribution in [0.15, 0.2) is 40.8 Å². The summed E-state index contributed by atoms with van der Waals surface area (Å²) in [5.74, 6) is -1.15. The van der Waals surface area contributed by atoms with Gasteiger partial charge in [-0.1, -0.05) is 18.2 Å². The molecule has 0 saturated carbocycles. The minimum atomic E-state index is -1.12. The molecule has 0 bridgehead atoms. The lowest BCUT2D eigenvalue weighted by Crippen LogP contribution is -1.91. The van der Waals surface area contributed by atoms with Crippen LogP contribution < -0.4 is 0 Å². The predicted molar refractivity (Wildman–Crippen MR) is 61.0 cm³/mol. The molecular formula is C13H9FO3. The van der Waals surface area contributed by atoms with E-state index in [2.05, 4.69) is 0 Å². The van der Waals surface area contributed by atoms with Crippen LogP contribution in [-0.2, 0) is 0 Å². The lowest BCUT2D eigenvalue weighted by atomic mass is 10.2. The van der Waals surface area contributed by atoms with E-state index in [0.29, 0.717) is 11.3 Å². The molecule has 0 aliphatic rings. The highest BCUT2D eigenvalue weighted by atomic mass is 19.1. The minimum absolute atomic E-state index is 0.121. The number of carboxylic acid groups (broad SMARTS) is 1. The standard InChI is InChI=1S/C13H9FO3/c14-10-3-1-2-9(8-10)4-5-11-6-7-12(17-11)13(15)16/h1-8H,(H,15,16)/b5-4+. The van der Waals surface area contributed by atoms with Gasteiger partial charge in [-0.05, 0) is 35.9 Å². The molecule has 0 amide bonds. The molecule has 0 spiro atoms. The largest absolute Gasteiger partial charge is 0.475 e. The summed E-state index contributed by atoms with van der Waals surface area (Å²) < 4.78 is 17.9. The number of furan rings is 1. The van der Waals surface area contributed by atoms with Gasteiger partial charge in [0.15, 0.2) is 0 Å². The second kappa shape index (κ2) is 4.65. The molecule has 2 rings (SSSR count). The molecule has 1 N–H and O–H groups in total. The third-order valence-electron chi connectivity index (χ3n) is 2.13. The van der Waals surface area contributed by atoms with Gasteiger partial charge in [0.25, 0.3) is 0 Å². The SMILES string of the molecule is O=C(O)c1ccc(/C=C/c2cccc(F)c2)o1. The second-order valence-electron chi connectivity index (χ2n) is 3.40. The van der Waals surface area contributed by atoms with E-state index < -0.39 is 5.97 Å². The zero-order chi connectivity index (χ0) is 12.3. The molecule has 1 aromatic heterocycles. The van der Waals surface area contributed by atoms with Gasteiger partial charge in [0.2, 0.25) is 5.76 Å². The molecule has 3 nitrogen and oxygen atoms in total. The van der Waals surface area contributed by atoms with Crippen molar-refractivity contribution in [2.75, 3.05) is 0 Å². The molecule has 0 aliphatic heterocycles. The van der Waals surface area contributed by atoms with Gasteiger partial charge >= 0.3 is 5.97 Å². The van der Waals surface area contributed by atoms with Crippen molar-refractivity contribution in [3.05, 3.63) is 59.3 Å². The van der Waals surface area contributed by atoms with Gasteiger partial charge in [-0.3, -0.25) is 0 Å². The molecule has 86 valence electrons. The van der Waals surface area contributed by atoms with E-state index in [1.807, 2.05) is 0 Å². The summed E-state index contributed by atoms with van der Waals surface area (Å²) in [5.41, 5.74) is 0.679. The van der Waals surface area contributed by atoms with Gasteiger partial charge in [-0.25, -0.2) is 9.18 Å². The highest BCUT2D eigenvalue weighted by Crippen LogP contribution is 2.12. The maximum absolute atomic E-state index is 12.9. The van der Waals surface area contributed by atoms with E-state index in [1.54, 1.807) is 30.4 Å². The second-order valence-corrected chi connectivity index (χ2v) is 3.40. The molecule has 1 aromatic carbocycles. The predicted octanol–water partition coefficient (Wildman–Crippen LogP) is 3.29. The molecule has 0 saturated heterocycles. The Hall–Kier alpha value is -2.36. The highest BCUT2D eigenvalue weighted by Gasteiger charge is 2.06. The van der Waals surface area contributed by atoms with E-state index in [4.69, 9.17) is 9.52 Å². The summed E-state index contributed by atoms with van der Waals surface area (Å²) in [6.45, 7) is 0. The molecule has 4 heteroatoms. The van der Waals surface area contributed by atoms with Crippen LogP contribution in [0.1, 0.15) is 21.9 Å². The molecule has 0 atom stereocenters. The molecule has 0 fully saturated rings. The first-order chi connectivity index (χ1) is 8.15. The van der Waals surface area contributed by atoms with Gasteiger partial charge in [-0.2, -0.15) is 0 Å². The maximum atomic E-state index is 12.9. The zero-order valence-corrected chi connectivity index (χ0v) is 8.76. The van der Waals surface area contributed by atoms with Crippen LogP contribution in [0.25, 0.3) is 12.2 Å². The Morgan fingerprint density at radius 1 is 1.24 bits per heavy atom. The Bertz CT molecular complexity index is 570. The monoisotopic (exact) mass is 232 g/mol. The number of carboxylic acids is 1. The van der Waals surface area contributed by atoms with E-state index in [9.17, 15) is 9.18 Å². The van der Waals surface area contributed by atoms with Crippen molar-refractivity contribution in [1.82, 2.24) is 0 Å². The number of hydrogen-bond acceptors (Lipinski definition) is 2. The summed E-state index contributed by atoms with van der Waals surface area (Å²) in [4.78, 5) is 10.6. The molecule has 0 unspecified atom stereocenters. The normalized spacial score (nSPS) is 10.9. The Morgan fingerprint density at radius 3 is 2.71 bits per heavy atom. The lowest BCUT2D eigenvalue weighted by Gasteiger charge is -1.92. The Morgan fingerprint density at radius 2 is 2.06 bits per heavy atom. The quantitative estimate of drug-likeness (QED) is 0.883. The van der Waals surface area contributed by atoms with E-state index >= 15 is 0 Å². The molecule has 2 aromatic rings. The van der Waals surface area contributed by atoms with Crippen molar-refractivity contribution in [3.63, 3.8) is 0 Å². The smallest absolute Gasteiger partial charge is 0.371 e. The topological polar surface area (TPSA) is 50.4 Å². The fraction of sp³-hybridized carbons (Fsp3) is 0. The zero-order valence-electron chi connectivity index (χ0n) is 8.76. The summed E-state index contributed by atoms with van der Waals surface area (Å²) >= 11 is 0. The maximum Gasteiger partial charge on any atom is 0.371 e. The van der Waals surface area contributed by atoms with Crippen LogP contribution in [0.4, 0.5) is 4.39 Å². The molecule has 0 radical (unpaired) electrons. The van der Waals surface area contributed by atoms with E-state index in [-0.39, 0.29) is 11.6 Å². The molecule has 0 aliphatic carbocycles. The van der Waals surface area contributed by atoms with Crippen molar-refractivity contribution in [1.29, 1.82) is 0 Å². The number of hydrogen-bond donors (Lipinski definition) is 1. The van der Waals surface area contributed by atoms with Gasteiger partial charge in [0.05, 0.1) is 0 Å². The average Bonchev–Trinajstić information content (AvgIpc) is 2.75. The molecular weight excluding hydrogens is 223 g/mol.